The Hall–Kier alpha value is -1.82. The highest BCUT2D eigenvalue weighted by atomic mass is 32.1. The van der Waals surface area contributed by atoms with Gasteiger partial charge in [0.05, 0.1) is 11.1 Å². The first kappa shape index (κ1) is 16.1. The van der Waals surface area contributed by atoms with Gasteiger partial charge in [-0.05, 0) is 48.9 Å². The topological polar surface area (TPSA) is 29.1 Å². The van der Waals surface area contributed by atoms with Gasteiger partial charge in [0, 0.05) is 16.8 Å². The monoisotopic (exact) mass is 339 g/mol. The number of benzene rings is 1. The van der Waals surface area contributed by atoms with E-state index in [0.29, 0.717) is 0 Å². The maximum absolute atomic E-state index is 13.0. The maximum Gasteiger partial charge on any atom is 0.417 e. The summed E-state index contributed by atoms with van der Waals surface area (Å²) in [5, 5.41) is 4.78. The summed E-state index contributed by atoms with van der Waals surface area (Å²) in [7, 11) is 0. The van der Waals surface area contributed by atoms with Crippen LogP contribution in [0.1, 0.15) is 45.1 Å². The second kappa shape index (κ2) is 6.00. The fraction of sp³-hybridized carbons (Fsp3) is 0.353. The number of halogens is 3. The zero-order valence-corrected chi connectivity index (χ0v) is 13.3. The fourth-order valence-corrected chi connectivity index (χ4v) is 4.05. The SMILES string of the molecule is Cc1ccsc1[C@H]1CC[C@H]1NC(=O)c1ccccc1C(F)(F)F. The third kappa shape index (κ3) is 3.13. The van der Waals surface area contributed by atoms with Gasteiger partial charge in [-0.15, -0.1) is 11.3 Å². The Balaban J connectivity index is 1.77. The summed E-state index contributed by atoms with van der Waals surface area (Å²) in [6.45, 7) is 2.02. The molecular formula is C17H16F3NOS. The van der Waals surface area contributed by atoms with Crippen molar-refractivity contribution in [3.05, 3.63) is 57.3 Å². The van der Waals surface area contributed by atoms with E-state index in [0.717, 1.165) is 18.9 Å². The van der Waals surface area contributed by atoms with E-state index in [9.17, 15) is 18.0 Å². The summed E-state index contributed by atoms with van der Waals surface area (Å²) in [4.78, 5) is 13.5. The third-order valence-electron chi connectivity index (χ3n) is 4.31. The molecule has 0 bridgehead atoms. The molecule has 0 spiro atoms. The highest BCUT2D eigenvalue weighted by Gasteiger charge is 2.38. The Kier molecular flexibility index (Phi) is 4.19. The molecule has 0 saturated heterocycles. The Morgan fingerprint density at radius 3 is 2.52 bits per heavy atom. The van der Waals surface area contributed by atoms with Crippen molar-refractivity contribution in [2.45, 2.75) is 37.9 Å². The van der Waals surface area contributed by atoms with Crippen LogP contribution in [0, 0.1) is 6.92 Å². The molecule has 1 heterocycles. The number of hydrogen-bond acceptors (Lipinski definition) is 2. The molecule has 1 aliphatic carbocycles. The molecule has 6 heteroatoms. The van der Waals surface area contributed by atoms with E-state index in [1.807, 2.05) is 18.4 Å². The largest absolute Gasteiger partial charge is 0.417 e. The molecule has 2 atom stereocenters. The van der Waals surface area contributed by atoms with Gasteiger partial charge in [0.15, 0.2) is 0 Å². The van der Waals surface area contributed by atoms with E-state index >= 15 is 0 Å². The summed E-state index contributed by atoms with van der Waals surface area (Å²) in [6.07, 6.45) is -2.79. The van der Waals surface area contributed by atoms with Crippen molar-refractivity contribution in [3.63, 3.8) is 0 Å². The van der Waals surface area contributed by atoms with Gasteiger partial charge in [-0.25, -0.2) is 0 Å². The highest BCUT2D eigenvalue weighted by Crippen LogP contribution is 2.41. The van der Waals surface area contributed by atoms with Gasteiger partial charge in [-0.3, -0.25) is 4.79 Å². The first-order chi connectivity index (χ1) is 10.9. The molecule has 23 heavy (non-hydrogen) atoms. The quantitative estimate of drug-likeness (QED) is 0.859. The van der Waals surface area contributed by atoms with E-state index in [2.05, 4.69) is 5.32 Å². The minimum Gasteiger partial charge on any atom is -0.349 e. The van der Waals surface area contributed by atoms with E-state index < -0.39 is 17.6 Å². The maximum atomic E-state index is 13.0. The zero-order valence-electron chi connectivity index (χ0n) is 12.5. The molecule has 1 saturated carbocycles. The van der Waals surface area contributed by atoms with Gasteiger partial charge in [0.2, 0.25) is 0 Å². The Labute approximate surface area is 136 Å². The highest BCUT2D eigenvalue weighted by molar-refractivity contribution is 7.10. The standard InChI is InChI=1S/C17H16F3NOS/c1-10-8-9-23-15(10)12-6-7-14(12)21-16(22)11-4-2-3-5-13(11)17(18,19)20/h2-5,8-9,12,14H,6-7H2,1H3,(H,21,22)/t12-,14+/m0/s1. The minimum atomic E-state index is -4.53. The number of carbonyl (C=O) groups excluding carboxylic acids is 1. The van der Waals surface area contributed by atoms with Gasteiger partial charge >= 0.3 is 6.18 Å². The molecule has 1 N–H and O–H groups in total. The Morgan fingerprint density at radius 2 is 1.96 bits per heavy atom. The van der Waals surface area contributed by atoms with E-state index in [4.69, 9.17) is 0 Å². The predicted octanol–water partition coefficient (Wildman–Crippen LogP) is 4.75. The van der Waals surface area contributed by atoms with Gasteiger partial charge in [-0.1, -0.05) is 12.1 Å². The Morgan fingerprint density at radius 1 is 1.22 bits per heavy atom. The third-order valence-corrected chi connectivity index (χ3v) is 5.46. The molecule has 2 aromatic rings. The second-order valence-corrected chi connectivity index (χ2v) is 6.72. The zero-order chi connectivity index (χ0) is 16.6. The van der Waals surface area contributed by atoms with Crippen LogP contribution in [0.25, 0.3) is 0 Å². The lowest BCUT2D eigenvalue weighted by Crippen LogP contribution is -2.45. The molecular weight excluding hydrogens is 323 g/mol. The van der Waals surface area contributed by atoms with Crippen molar-refractivity contribution in [1.82, 2.24) is 5.32 Å². The van der Waals surface area contributed by atoms with Crippen LogP contribution in [-0.4, -0.2) is 11.9 Å². The van der Waals surface area contributed by atoms with Gasteiger partial charge < -0.3 is 5.32 Å². The summed E-state index contributed by atoms with van der Waals surface area (Å²) >= 11 is 1.64. The van der Waals surface area contributed by atoms with Crippen molar-refractivity contribution in [1.29, 1.82) is 0 Å². The lowest BCUT2D eigenvalue weighted by atomic mass is 9.77. The number of aryl methyl sites for hydroxylation is 1. The van der Waals surface area contributed by atoms with Crippen molar-refractivity contribution < 1.29 is 18.0 Å². The van der Waals surface area contributed by atoms with Gasteiger partial charge in [0.25, 0.3) is 5.91 Å². The molecule has 1 aliphatic rings. The lowest BCUT2D eigenvalue weighted by Gasteiger charge is -2.37. The fourth-order valence-electron chi connectivity index (χ4n) is 2.93. The van der Waals surface area contributed by atoms with Gasteiger partial charge in [-0.2, -0.15) is 13.2 Å². The molecule has 1 amide bonds. The van der Waals surface area contributed by atoms with Crippen LogP contribution in [-0.2, 0) is 6.18 Å². The lowest BCUT2D eigenvalue weighted by molar-refractivity contribution is -0.137. The first-order valence-corrected chi connectivity index (χ1v) is 8.27. The number of carbonyl (C=O) groups is 1. The van der Waals surface area contributed by atoms with Crippen LogP contribution in [0.2, 0.25) is 0 Å². The van der Waals surface area contributed by atoms with Gasteiger partial charge in [0.1, 0.15) is 0 Å². The molecule has 0 radical (unpaired) electrons. The number of nitrogens with one attached hydrogen (secondary N) is 1. The van der Waals surface area contributed by atoms with Crippen LogP contribution in [0.3, 0.4) is 0 Å². The smallest absolute Gasteiger partial charge is 0.349 e. The number of thiophene rings is 1. The Bertz CT molecular complexity index is 723. The molecule has 122 valence electrons. The normalized spacial score (nSPS) is 20.9. The summed E-state index contributed by atoms with van der Waals surface area (Å²) in [6, 6.07) is 6.84. The average molecular weight is 339 g/mol. The van der Waals surface area contributed by atoms with Crippen LogP contribution in [0.15, 0.2) is 35.7 Å². The number of amides is 1. The van der Waals surface area contributed by atoms with E-state index in [1.165, 1.54) is 28.6 Å². The molecule has 0 aliphatic heterocycles. The van der Waals surface area contributed by atoms with Crippen LogP contribution in [0.4, 0.5) is 13.2 Å². The first-order valence-electron chi connectivity index (χ1n) is 7.39. The van der Waals surface area contributed by atoms with Crippen molar-refractivity contribution in [2.24, 2.45) is 0 Å². The van der Waals surface area contributed by atoms with Crippen molar-refractivity contribution in [2.75, 3.05) is 0 Å². The van der Waals surface area contributed by atoms with E-state index in [-0.39, 0.29) is 17.5 Å². The average Bonchev–Trinajstić information content (AvgIpc) is 2.88. The van der Waals surface area contributed by atoms with Crippen molar-refractivity contribution >= 4 is 17.2 Å². The molecule has 3 rings (SSSR count). The second-order valence-electron chi connectivity index (χ2n) is 5.78. The number of alkyl halides is 3. The van der Waals surface area contributed by atoms with Crippen molar-refractivity contribution in [3.8, 4) is 0 Å². The van der Waals surface area contributed by atoms with Crippen LogP contribution in [0.5, 0.6) is 0 Å². The summed E-state index contributed by atoms with van der Waals surface area (Å²) in [5.41, 5.74) is -0.0242. The molecule has 0 unspecified atom stereocenters. The van der Waals surface area contributed by atoms with Crippen LogP contribution < -0.4 is 5.32 Å². The number of hydrogen-bond donors (Lipinski definition) is 1. The van der Waals surface area contributed by atoms with E-state index in [1.54, 1.807) is 11.3 Å². The predicted molar refractivity (Wildman–Crippen MR) is 83.7 cm³/mol. The molecule has 1 fully saturated rings. The minimum absolute atomic E-state index is 0.0962. The molecule has 1 aromatic carbocycles. The molecule has 1 aromatic heterocycles. The summed E-state index contributed by atoms with van der Waals surface area (Å²) in [5.74, 6) is -0.446. The summed E-state index contributed by atoms with van der Waals surface area (Å²) < 4.78 is 39.0. The number of rotatable bonds is 3. The molecule has 2 nitrogen and oxygen atoms in total. The van der Waals surface area contributed by atoms with Crippen LogP contribution >= 0.6 is 11.3 Å².